The monoisotopic (exact) mass is 268 g/mol. The maximum atomic E-state index is 9.48. The second-order valence-corrected chi connectivity index (χ2v) is 5.62. The molecule has 100 valence electrons. The minimum Gasteiger partial charge on any atom is -0.392 e. The molecule has 1 saturated heterocycles. The molecule has 1 heterocycles. The Morgan fingerprint density at radius 2 is 2.22 bits per heavy atom. The number of rotatable bonds is 4. The van der Waals surface area contributed by atoms with Crippen molar-refractivity contribution in [1.82, 2.24) is 4.90 Å². The summed E-state index contributed by atoms with van der Waals surface area (Å²) in [5.74, 6) is 0. The highest BCUT2D eigenvalue weighted by atomic mass is 35.5. The van der Waals surface area contributed by atoms with Crippen LogP contribution in [0.4, 0.5) is 5.69 Å². The highest BCUT2D eigenvalue weighted by molar-refractivity contribution is 6.30. The van der Waals surface area contributed by atoms with Crippen molar-refractivity contribution < 1.29 is 5.11 Å². The molecular formula is C14H21ClN2O. The fraction of sp³-hybridized carbons (Fsp3) is 0.571. The summed E-state index contributed by atoms with van der Waals surface area (Å²) in [6.45, 7) is 2.15. The van der Waals surface area contributed by atoms with Crippen LogP contribution in [-0.2, 0) is 6.61 Å². The maximum absolute atomic E-state index is 9.48. The van der Waals surface area contributed by atoms with Gasteiger partial charge in [0.05, 0.1) is 6.61 Å². The number of aliphatic hydroxyl groups excluding tert-OH is 1. The quantitative estimate of drug-likeness (QED) is 0.908. The van der Waals surface area contributed by atoms with Crippen LogP contribution in [-0.4, -0.2) is 43.2 Å². The summed E-state index contributed by atoms with van der Waals surface area (Å²) in [5.41, 5.74) is 2.06. The molecule has 4 heteroatoms. The van der Waals surface area contributed by atoms with E-state index in [1.165, 1.54) is 12.8 Å². The standard InChI is InChI=1S/C14H21ClN2O/c1-16(2)9-13-4-3-7-17(13)14-6-5-12(15)8-11(14)10-18/h5-6,8,13,18H,3-4,7,9-10H2,1-2H3. The largest absolute Gasteiger partial charge is 0.392 e. The van der Waals surface area contributed by atoms with Gasteiger partial charge >= 0.3 is 0 Å². The summed E-state index contributed by atoms with van der Waals surface area (Å²) < 4.78 is 0. The van der Waals surface area contributed by atoms with E-state index < -0.39 is 0 Å². The highest BCUT2D eigenvalue weighted by Crippen LogP contribution is 2.30. The minimum absolute atomic E-state index is 0.0427. The third-order valence-electron chi connectivity index (χ3n) is 3.47. The van der Waals surface area contributed by atoms with E-state index in [-0.39, 0.29) is 6.61 Å². The Hall–Kier alpha value is -0.770. The second kappa shape index (κ2) is 5.91. The van der Waals surface area contributed by atoms with E-state index in [4.69, 9.17) is 11.6 Å². The molecule has 1 aliphatic heterocycles. The molecule has 1 aliphatic rings. The van der Waals surface area contributed by atoms with Crippen molar-refractivity contribution in [2.75, 3.05) is 32.1 Å². The van der Waals surface area contributed by atoms with Crippen molar-refractivity contribution in [3.05, 3.63) is 28.8 Å². The SMILES string of the molecule is CN(C)CC1CCCN1c1ccc(Cl)cc1CO. The molecule has 1 unspecified atom stereocenters. The topological polar surface area (TPSA) is 26.7 Å². The Balaban J connectivity index is 2.24. The number of nitrogens with zero attached hydrogens (tertiary/aromatic N) is 2. The smallest absolute Gasteiger partial charge is 0.0702 e. The Bertz CT molecular complexity index is 409. The van der Waals surface area contributed by atoms with E-state index in [1.54, 1.807) is 0 Å². The zero-order valence-corrected chi connectivity index (χ0v) is 11.8. The first-order valence-corrected chi connectivity index (χ1v) is 6.80. The first-order chi connectivity index (χ1) is 8.61. The number of aliphatic hydroxyl groups is 1. The van der Waals surface area contributed by atoms with Crippen LogP contribution in [0, 0.1) is 0 Å². The van der Waals surface area contributed by atoms with Crippen molar-refractivity contribution in [2.24, 2.45) is 0 Å². The Labute approximate surface area is 114 Å². The molecule has 0 spiro atoms. The molecule has 0 radical (unpaired) electrons. The molecule has 0 saturated carbocycles. The van der Waals surface area contributed by atoms with Crippen LogP contribution in [0.5, 0.6) is 0 Å². The van der Waals surface area contributed by atoms with Gasteiger partial charge < -0.3 is 14.9 Å². The number of likely N-dealkylation sites (N-methyl/N-ethyl adjacent to an activating group) is 1. The zero-order valence-electron chi connectivity index (χ0n) is 11.1. The van der Waals surface area contributed by atoms with Gasteiger partial charge in [-0.2, -0.15) is 0 Å². The summed E-state index contributed by atoms with van der Waals surface area (Å²) in [6.07, 6.45) is 2.43. The average molecular weight is 269 g/mol. The van der Waals surface area contributed by atoms with Crippen molar-refractivity contribution in [1.29, 1.82) is 0 Å². The zero-order chi connectivity index (χ0) is 13.1. The van der Waals surface area contributed by atoms with Gasteiger partial charge in [0.25, 0.3) is 0 Å². The van der Waals surface area contributed by atoms with Gasteiger partial charge in [0.2, 0.25) is 0 Å². The molecule has 0 amide bonds. The fourth-order valence-corrected chi connectivity index (χ4v) is 2.92. The van der Waals surface area contributed by atoms with Crippen LogP contribution < -0.4 is 4.90 Å². The first kappa shape index (κ1) is 13.7. The molecule has 0 bridgehead atoms. The number of hydrogen-bond acceptors (Lipinski definition) is 3. The number of anilines is 1. The van der Waals surface area contributed by atoms with Gasteiger partial charge in [-0.05, 0) is 45.1 Å². The van der Waals surface area contributed by atoms with Gasteiger partial charge in [-0.1, -0.05) is 11.6 Å². The summed E-state index contributed by atoms with van der Waals surface area (Å²) in [7, 11) is 4.20. The third kappa shape index (κ3) is 2.97. The van der Waals surface area contributed by atoms with E-state index in [9.17, 15) is 5.11 Å². The lowest BCUT2D eigenvalue weighted by molar-refractivity contribution is 0.281. The van der Waals surface area contributed by atoms with Crippen molar-refractivity contribution >= 4 is 17.3 Å². The Morgan fingerprint density at radius 3 is 2.89 bits per heavy atom. The summed E-state index contributed by atoms with van der Waals surface area (Å²) in [4.78, 5) is 4.62. The predicted octanol–water partition coefficient (Wildman–Crippen LogP) is 2.36. The van der Waals surface area contributed by atoms with Crippen molar-refractivity contribution in [2.45, 2.75) is 25.5 Å². The van der Waals surface area contributed by atoms with Gasteiger partial charge in [-0.15, -0.1) is 0 Å². The van der Waals surface area contributed by atoms with E-state index in [0.29, 0.717) is 11.1 Å². The normalized spacial score (nSPS) is 19.8. The van der Waals surface area contributed by atoms with E-state index in [1.807, 2.05) is 18.2 Å². The molecule has 1 fully saturated rings. The van der Waals surface area contributed by atoms with E-state index in [2.05, 4.69) is 23.9 Å². The molecule has 0 aliphatic carbocycles. The molecule has 1 N–H and O–H groups in total. The molecule has 3 nitrogen and oxygen atoms in total. The number of hydrogen-bond donors (Lipinski definition) is 1. The average Bonchev–Trinajstić information content (AvgIpc) is 2.76. The molecule has 1 aromatic carbocycles. The molecule has 0 aromatic heterocycles. The minimum atomic E-state index is 0.0427. The lowest BCUT2D eigenvalue weighted by atomic mass is 10.1. The van der Waals surface area contributed by atoms with Gasteiger partial charge in [0.1, 0.15) is 0 Å². The predicted molar refractivity (Wildman–Crippen MR) is 76.3 cm³/mol. The number of halogens is 1. The second-order valence-electron chi connectivity index (χ2n) is 5.18. The van der Waals surface area contributed by atoms with Gasteiger partial charge in [-0.25, -0.2) is 0 Å². The Kier molecular flexibility index (Phi) is 4.49. The lowest BCUT2D eigenvalue weighted by Gasteiger charge is -2.30. The van der Waals surface area contributed by atoms with Crippen molar-refractivity contribution in [3.63, 3.8) is 0 Å². The molecule has 1 aromatic rings. The molecule has 1 atom stereocenters. The fourth-order valence-electron chi connectivity index (χ4n) is 2.73. The van der Waals surface area contributed by atoms with Crippen LogP contribution in [0.3, 0.4) is 0 Å². The summed E-state index contributed by atoms with van der Waals surface area (Å²) in [6, 6.07) is 6.33. The highest BCUT2D eigenvalue weighted by Gasteiger charge is 2.26. The molecule has 18 heavy (non-hydrogen) atoms. The number of benzene rings is 1. The lowest BCUT2D eigenvalue weighted by Crippen LogP contribution is -2.38. The van der Waals surface area contributed by atoms with Crippen LogP contribution in [0.25, 0.3) is 0 Å². The van der Waals surface area contributed by atoms with Crippen LogP contribution in [0.2, 0.25) is 5.02 Å². The van der Waals surface area contributed by atoms with Crippen LogP contribution in [0.1, 0.15) is 18.4 Å². The van der Waals surface area contributed by atoms with Gasteiger partial charge in [0.15, 0.2) is 0 Å². The van der Waals surface area contributed by atoms with Crippen molar-refractivity contribution in [3.8, 4) is 0 Å². The van der Waals surface area contributed by atoms with E-state index in [0.717, 1.165) is 24.3 Å². The van der Waals surface area contributed by atoms with E-state index >= 15 is 0 Å². The van der Waals surface area contributed by atoms with Gasteiger partial charge in [-0.3, -0.25) is 0 Å². The molecule has 2 rings (SSSR count). The Morgan fingerprint density at radius 1 is 1.44 bits per heavy atom. The maximum Gasteiger partial charge on any atom is 0.0702 e. The van der Waals surface area contributed by atoms with Crippen LogP contribution >= 0.6 is 11.6 Å². The van der Waals surface area contributed by atoms with Gasteiger partial charge in [0, 0.05) is 35.4 Å². The summed E-state index contributed by atoms with van der Waals surface area (Å²) in [5, 5.41) is 10.2. The third-order valence-corrected chi connectivity index (χ3v) is 3.71. The molecular weight excluding hydrogens is 248 g/mol. The first-order valence-electron chi connectivity index (χ1n) is 6.42. The summed E-state index contributed by atoms with van der Waals surface area (Å²) >= 11 is 5.99. The van der Waals surface area contributed by atoms with Crippen LogP contribution in [0.15, 0.2) is 18.2 Å².